The lowest BCUT2D eigenvalue weighted by Crippen LogP contribution is -2.19. The normalized spacial score (nSPS) is 12.8. The van der Waals surface area contributed by atoms with Crippen molar-refractivity contribution in [2.45, 2.75) is 11.8 Å². The highest BCUT2D eigenvalue weighted by Gasteiger charge is 2.11. The van der Waals surface area contributed by atoms with Gasteiger partial charge in [0.05, 0.1) is 22.0 Å². The van der Waals surface area contributed by atoms with Crippen molar-refractivity contribution < 1.29 is 13.4 Å². The van der Waals surface area contributed by atoms with Crippen molar-refractivity contribution in [3.63, 3.8) is 0 Å². The molecule has 0 saturated carbocycles. The summed E-state index contributed by atoms with van der Waals surface area (Å²) >= 11 is 0. The third kappa shape index (κ3) is 1.94. The van der Waals surface area contributed by atoms with Gasteiger partial charge in [0, 0.05) is 0 Å². The number of carbonyl (C=O) groups is 1. The fourth-order valence-electron chi connectivity index (χ4n) is 0.816. The van der Waals surface area contributed by atoms with Gasteiger partial charge in [-0.25, -0.2) is 0 Å². The van der Waals surface area contributed by atoms with Gasteiger partial charge in [-0.15, -0.1) is 0 Å². The quantitative estimate of drug-likeness (QED) is 0.733. The standard InChI is InChI=1S/C7H9NO3S/c1-5-6(2-3-11-5)12(10)4-7(8)9/h2-3H,4H2,1H3,(H2,8,9). The molecule has 0 aliphatic carbocycles. The zero-order valence-electron chi connectivity index (χ0n) is 6.57. The van der Waals surface area contributed by atoms with Crippen molar-refractivity contribution >= 4 is 16.7 Å². The molecule has 1 aromatic rings. The minimum Gasteiger partial charge on any atom is -0.468 e. The van der Waals surface area contributed by atoms with E-state index in [1.165, 1.54) is 6.26 Å². The van der Waals surface area contributed by atoms with E-state index >= 15 is 0 Å². The summed E-state index contributed by atoms with van der Waals surface area (Å²) in [6.45, 7) is 1.69. The molecule has 1 aromatic heterocycles. The number of amides is 1. The molecule has 2 N–H and O–H groups in total. The largest absolute Gasteiger partial charge is 0.468 e. The van der Waals surface area contributed by atoms with Crippen LogP contribution in [0.2, 0.25) is 0 Å². The van der Waals surface area contributed by atoms with Gasteiger partial charge in [-0.05, 0) is 13.0 Å². The predicted molar refractivity (Wildman–Crippen MR) is 43.9 cm³/mol. The SMILES string of the molecule is Cc1occc1S(=O)CC(N)=O. The number of hydrogen-bond donors (Lipinski definition) is 1. The summed E-state index contributed by atoms with van der Waals surface area (Å²) in [6.07, 6.45) is 1.43. The van der Waals surface area contributed by atoms with Gasteiger partial charge in [-0.3, -0.25) is 9.00 Å². The second kappa shape index (κ2) is 3.53. The molecule has 0 saturated heterocycles. The Hall–Kier alpha value is -1.10. The van der Waals surface area contributed by atoms with Gasteiger partial charge in [0.15, 0.2) is 0 Å². The first-order chi connectivity index (χ1) is 5.61. The number of furan rings is 1. The van der Waals surface area contributed by atoms with Crippen LogP contribution in [0.1, 0.15) is 5.76 Å². The summed E-state index contributed by atoms with van der Waals surface area (Å²) in [5, 5.41) is 0. The van der Waals surface area contributed by atoms with E-state index in [1.54, 1.807) is 13.0 Å². The number of primary amides is 1. The Labute approximate surface area is 72.2 Å². The van der Waals surface area contributed by atoms with Gasteiger partial charge in [-0.1, -0.05) is 0 Å². The van der Waals surface area contributed by atoms with Crippen LogP contribution in [-0.4, -0.2) is 15.9 Å². The molecule has 0 aliphatic heterocycles. The Bertz CT molecular complexity index is 318. The summed E-state index contributed by atoms with van der Waals surface area (Å²) in [5.41, 5.74) is 4.89. The molecule has 0 bridgehead atoms. The minimum atomic E-state index is -1.36. The van der Waals surface area contributed by atoms with Crippen LogP contribution in [-0.2, 0) is 15.6 Å². The van der Waals surface area contributed by atoms with Crippen LogP contribution in [0.4, 0.5) is 0 Å². The molecule has 0 fully saturated rings. The van der Waals surface area contributed by atoms with E-state index in [1.807, 2.05) is 0 Å². The number of rotatable bonds is 3. The molecule has 0 spiro atoms. The zero-order valence-corrected chi connectivity index (χ0v) is 7.39. The van der Waals surface area contributed by atoms with Gasteiger partial charge < -0.3 is 10.2 Å². The number of hydrogen-bond acceptors (Lipinski definition) is 3. The van der Waals surface area contributed by atoms with E-state index in [4.69, 9.17) is 10.2 Å². The highest BCUT2D eigenvalue weighted by molar-refractivity contribution is 7.85. The maximum absolute atomic E-state index is 11.3. The van der Waals surface area contributed by atoms with Crippen LogP contribution in [0.5, 0.6) is 0 Å². The molecule has 66 valence electrons. The summed E-state index contributed by atoms with van der Waals surface area (Å²) in [6, 6.07) is 1.58. The second-order valence-corrected chi connectivity index (χ2v) is 3.72. The van der Waals surface area contributed by atoms with Gasteiger partial charge >= 0.3 is 0 Å². The molecule has 1 heterocycles. The van der Waals surface area contributed by atoms with Crippen molar-refractivity contribution in [3.05, 3.63) is 18.1 Å². The molecular weight excluding hydrogens is 178 g/mol. The van der Waals surface area contributed by atoms with Crippen molar-refractivity contribution in [1.29, 1.82) is 0 Å². The van der Waals surface area contributed by atoms with Crippen molar-refractivity contribution in [3.8, 4) is 0 Å². The van der Waals surface area contributed by atoms with E-state index in [9.17, 15) is 9.00 Å². The highest BCUT2D eigenvalue weighted by Crippen LogP contribution is 2.13. The average Bonchev–Trinajstić information content (AvgIpc) is 2.33. The molecule has 1 amide bonds. The van der Waals surface area contributed by atoms with Crippen molar-refractivity contribution in [2.24, 2.45) is 5.73 Å². The molecular formula is C7H9NO3S. The van der Waals surface area contributed by atoms with Crippen molar-refractivity contribution in [2.75, 3.05) is 5.75 Å². The number of nitrogens with two attached hydrogens (primary N) is 1. The first-order valence-corrected chi connectivity index (χ1v) is 4.64. The van der Waals surface area contributed by atoms with Crippen LogP contribution in [0.25, 0.3) is 0 Å². The van der Waals surface area contributed by atoms with Crippen LogP contribution in [0.3, 0.4) is 0 Å². The smallest absolute Gasteiger partial charge is 0.230 e. The summed E-state index contributed by atoms with van der Waals surface area (Å²) in [7, 11) is -1.36. The predicted octanol–water partition coefficient (Wildman–Crippen LogP) is 0.181. The van der Waals surface area contributed by atoms with Gasteiger partial charge in [0.25, 0.3) is 0 Å². The highest BCUT2D eigenvalue weighted by atomic mass is 32.2. The first-order valence-electron chi connectivity index (χ1n) is 3.32. The maximum Gasteiger partial charge on any atom is 0.230 e. The van der Waals surface area contributed by atoms with Crippen LogP contribution in [0.15, 0.2) is 21.6 Å². The minimum absolute atomic E-state index is 0.152. The van der Waals surface area contributed by atoms with Crippen LogP contribution in [0, 0.1) is 6.92 Å². The molecule has 0 radical (unpaired) electrons. The molecule has 0 aromatic carbocycles. The Kier molecular flexibility index (Phi) is 2.65. The van der Waals surface area contributed by atoms with Gasteiger partial charge in [0.2, 0.25) is 5.91 Å². The summed E-state index contributed by atoms with van der Waals surface area (Å²) < 4.78 is 16.2. The van der Waals surface area contributed by atoms with E-state index < -0.39 is 16.7 Å². The van der Waals surface area contributed by atoms with E-state index in [-0.39, 0.29) is 5.75 Å². The van der Waals surface area contributed by atoms with Crippen molar-refractivity contribution in [1.82, 2.24) is 0 Å². The molecule has 1 rings (SSSR count). The maximum atomic E-state index is 11.3. The molecule has 4 nitrogen and oxygen atoms in total. The third-order valence-corrected chi connectivity index (χ3v) is 2.79. The lowest BCUT2D eigenvalue weighted by molar-refractivity contribution is -0.115. The number of aryl methyl sites for hydroxylation is 1. The number of carbonyl (C=O) groups excluding carboxylic acids is 1. The second-order valence-electron chi connectivity index (χ2n) is 2.30. The monoisotopic (exact) mass is 187 g/mol. The summed E-state index contributed by atoms with van der Waals surface area (Å²) in [4.78, 5) is 11.0. The van der Waals surface area contributed by atoms with Crippen LogP contribution >= 0.6 is 0 Å². The Morgan fingerprint density at radius 1 is 1.75 bits per heavy atom. The fraction of sp³-hybridized carbons (Fsp3) is 0.286. The Morgan fingerprint density at radius 2 is 2.42 bits per heavy atom. The van der Waals surface area contributed by atoms with Gasteiger partial charge in [0.1, 0.15) is 11.5 Å². The molecule has 0 aliphatic rings. The Morgan fingerprint density at radius 3 is 2.83 bits per heavy atom. The van der Waals surface area contributed by atoms with E-state index in [2.05, 4.69) is 0 Å². The zero-order chi connectivity index (χ0) is 9.14. The first kappa shape index (κ1) is 8.99. The average molecular weight is 187 g/mol. The summed E-state index contributed by atoms with van der Waals surface area (Å²) in [5.74, 6) is -0.163. The lowest BCUT2D eigenvalue weighted by Gasteiger charge is -1.95. The van der Waals surface area contributed by atoms with Crippen LogP contribution < -0.4 is 5.73 Å². The fourth-order valence-corrected chi connectivity index (χ4v) is 1.81. The van der Waals surface area contributed by atoms with E-state index in [0.29, 0.717) is 10.7 Å². The topological polar surface area (TPSA) is 73.3 Å². The Balaban J connectivity index is 2.78. The molecule has 5 heteroatoms. The molecule has 1 unspecified atom stereocenters. The van der Waals surface area contributed by atoms with E-state index in [0.717, 1.165) is 0 Å². The third-order valence-electron chi connectivity index (χ3n) is 1.33. The molecule has 1 atom stereocenters. The van der Waals surface area contributed by atoms with Gasteiger partial charge in [-0.2, -0.15) is 0 Å². The lowest BCUT2D eigenvalue weighted by atomic mass is 10.5. The molecule has 12 heavy (non-hydrogen) atoms.